The molecule has 0 spiro atoms. The van der Waals surface area contributed by atoms with E-state index in [0.29, 0.717) is 13.0 Å². The molecule has 0 aromatic carbocycles. The highest BCUT2D eigenvalue weighted by atomic mass is 32.3. The monoisotopic (exact) mass is 1090 g/mol. The van der Waals surface area contributed by atoms with Crippen molar-refractivity contribution < 1.29 is 56.2 Å². The molecule has 1 rings (SSSR count). The third-order valence-electron chi connectivity index (χ3n) is 14.1. The average molecular weight is 1100 g/mol. The van der Waals surface area contributed by atoms with Gasteiger partial charge in [-0.05, 0) is 77.0 Å². The molecular formula is C63H114O12S. The van der Waals surface area contributed by atoms with Gasteiger partial charge in [-0.2, -0.15) is 8.42 Å². The number of aliphatic hydroxyl groups excluding tert-OH is 3. The van der Waals surface area contributed by atoms with Crippen molar-refractivity contribution in [1.29, 1.82) is 0 Å². The molecule has 6 atom stereocenters. The van der Waals surface area contributed by atoms with Crippen LogP contribution in [0.4, 0.5) is 0 Å². The summed E-state index contributed by atoms with van der Waals surface area (Å²) in [7, 11) is -5.07. The Morgan fingerprint density at radius 1 is 0.513 bits per heavy atom. The molecule has 13 heteroatoms. The third kappa shape index (κ3) is 45.6. The molecule has 12 nitrogen and oxygen atoms in total. The van der Waals surface area contributed by atoms with Crippen LogP contribution in [0.3, 0.4) is 0 Å². The van der Waals surface area contributed by atoms with E-state index in [1.54, 1.807) is 0 Å². The lowest BCUT2D eigenvalue weighted by Gasteiger charge is -2.41. The Hall–Kier alpha value is -2.20. The van der Waals surface area contributed by atoms with Gasteiger partial charge < -0.3 is 34.3 Å². The molecule has 76 heavy (non-hydrogen) atoms. The summed E-state index contributed by atoms with van der Waals surface area (Å²) >= 11 is 0. The zero-order valence-electron chi connectivity index (χ0n) is 48.3. The first-order valence-electron chi connectivity index (χ1n) is 31.0. The number of allylic oxidation sites excluding steroid dienone is 10. The largest absolute Gasteiger partial charge is 0.457 e. The minimum Gasteiger partial charge on any atom is -0.457 e. The highest BCUT2D eigenvalue weighted by molar-refractivity contribution is 7.80. The van der Waals surface area contributed by atoms with E-state index in [9.17, 15) is 33.1 Å². The molecule has 1 fully saturated rings. The Morgan fingerprint density at radius 3 is 1.34 bits per heavy atom. The molecule has 0 aromatic heterocycles. The Labute approximate surface area is 465 Å². The minimum atomic E-state index is -5.07. The Balaban J connectivity index is 2.26. The van der Waals surface area contributed by atoms with Crippen LogP contribution in [0, 0.1) is 0 Å². The summed E-state index contributed by atoms with van der Waals surface area (Å²) in [5.41, 5.74) is 0. The van der Waals surface area contributed by atoms with Crippen molar-refractivity contribution in [3.8, 4) is 0 Å². The lowest BCUT2D eigenvalue weighted by atomic mass is 9.99. The van der Waals surface area contributed by atoms with Crippen molar-refractivity contribution >= 4 is 16.4 Å². The van der Waals surface area contributed by atoms with Crippen LogP contribution in [0.2, 0.25) is 0 Å². The van der Waals surface area contributed by atoms with E-state index in [4.69, 9.17) is 18.9 Å². The van der Waals surface area contributed by atoms with Crippen LogP contribution in [-0.4, -0.2) is 97.5 Å². The van der Waals surface area contributed by atoms with Crippen molar-refractivity contribution in [3.63, 3.8) is 0 Å². The fraction of sp³-hybridized carbons (Fsp3) is 0.825. The van der Waals surface area contributed by atoms with Gasteiger partial charge in [-0.3, -0.25) is 9.35 Å². The normalized spacial score (nSPS) is 18.9. The highest BCUT2D eigenvalue weighted by Gasteiger charge is 2.48. The molecule has 0 aromatic rings. The molecule has 4 N–H and O–H groups in total. The molecule has 1 aliphatic rings. The zero-order chi connectivity index (χ0) is 55.3. The molecule has 1 saturated heterocycles. The quantitative estimate of drug-likeness (QED) is 0.0196. The maximum absolute atomic E-state index is 13.0. The van der Waals surface area contributed by atoms with Gasteiger partial charge in [-0.25, -0.2) is 4.18 Å². The second-order valence-electron chi connectivity index (χ2n) is 21.3. The number of esters is 1. The van der Waals surface area contributed by atoms with Gasteiger partial charge in [0, 0.05) is 13.0 Å². The molecular weight excluding hydrogens is 981 g/mol. The summed E-state index contributed by atoms with van der Waals surface area (Å²) in [6, 6.07) is 0. The molecule has 444 valence electrons. The molecule has 0 amide bonds. The first-order chi connectivity index (χ1) is 37.1. The lowest BCUT2D eigenvalue weighted by Crippen LogP contribution is -2.60. The van der Waals surface area contributed by atoms with Gasteiger partial charge in [0.1, 0.15) is 30.5 Å². The second-order valence-corrected chi connectivity index (χ2v) is 22.3. The second kappa shape index (κ2) is 53.4. The molecule has 0 saturated carbocycles. The minimum absolute atomic E-state index is 0.0345. The summed E-state index contributed by atoms with van der Waals surface area (Å²) in [5, 5.41) is 30.9. The Bertz CT molecular complexity index is 1550. The van der Waals surface area contributed by atoms with Crippen LogP contribution in [0.25, 0.3) is 0 Å². The average Bonchev–Trinajstić information content (AvgIpc) is 3.40. The smallest absolute Gasteiger partial charge is 0.397 e. The molecule has 0 radical (unpaired) electrons. The van der Waals surface area contributed by atoms with E-state index in [1.165, 1.54) is 173 Å². The first kappa shape index (κ1) is 71.8. The van der Waals surface area contributed by atoms with E-state index in [1.807, 2.05) is 0 Å². The summed E-state index contributed by atoms with van der Waals surface area (Å²) < 4.78 is 59.5. The molecule has 6 unspecified atom stereocenters. The van der Waals surface area contributed by atoms with Gasteiger partial charge >= 0.3 is 16.4 Å². The van der Waals surface area contributed by atoms with Gasteiger partial charge in [0.25, 0.3) is 0 Å². The number of carbonyl (C=O) groups excluding carboxylic acids is 1. The van der Waals surface area contributed by atoms with E-state index >= 15 is 0 Å². The SMILES string of the molecule is CC/C=C\C/C=C\C/C=C\C/C=C\CCCCCCCCCCCCC(=O)OC(COCCCCCCCCCCCCCCCC/C=C\CCCCCCCCCC)COC1OC(CO)C(O)C(OS(=O)(=O)O)C1O. The van der Waals surface area contributed by atoms with E-state index in [2.05, 4.69) is 78.8 Å². The third-order valence-corrected chi connectivity index (χ3v) is 14.6. The maximum Gasteiger partial charge on any atom is 0.397 e. The van der Waals surface area contributed by atoms with Gasteiger partial charge in [0.05, 0.1) is 19.8 Å². The molecule has 0 bridgehead atoms. The van der Waals surface area contributed by atoms with Crippen molar-refractivity contribution in [3.05, 3.63) is 60.8 Å². The number of unbranched alkanes of at least 4 members (excludes halogenated alkanes) is 32. The summed E-state index contributed by atoms with van der Waals surface area (Å²) in [4.78, 5) is 13.0. The standard InChI is InChI=1S/C63H114O12S/c1-3-5-7-9-11-13-15-17-19-21-23-25-27-28-29-31-33-35-37-39-41-43-45-47-49-51-53-71-55-57(56-72-63-61(67)62(75-76(68,69)70)60(66)58(54-64)74-63)73-59(65)52-50-48-46-44-42-40-38-36-34-32-30-26-24-22-20-18-16-14-12-10-8-6-4-2/h6,8,12,14,18,20-21,23-24,26,57-58,60-64,66-67H,3-5,7,9-11,13,15-17,19,22,25,27-56H2,1-2H3,(H,68,69,70)/b8-6-,14-12-,20-18-,23-21-,26-24-. The van der Waals surface area contributed by atoms with Crippen LogP contribution in [-0.2, 0) is 38.3 Å². The summed E-state index contributed by atoms with van der Waals surface area (Å²) in [6.07, 6.45) is 61.2. The number of ether oxygens (including phenoxy) is 4. The van der Waals surface area contributed by atoms with Gasteiger partial charge in [0.15, 0.2) is 6.29 Å². The fourth-order valence-electron chi connectivity index (χ4n) is 9.49. The van der Waals surface area contributed by atoms with E-state index in [0.717, 1.165) is 70.6 Å². The zero-order valence-corrected chi connectivity index (χ0v) is 49.1. The predicted molar refractivity (Wildman–Crippen MR) is 313 cm³/mol. The van der Waals surface area contributed by atoms with E-state index in [-0.39, 0.29) is 19.6 Å². The first-order valence-corrected chi connectivity index (χ1v) is 32.4. The maximum atomic E-state index is 13.0. The summed E-state index contributed by atoms with van der Waals surface area (Å²) in [5.74, 6) is -0.401. The number of hydrogen-bond donors (Lipinski definition) is 4. The number of aliphatic hydroxyl groups is 3. The molecule has 1 heterocycles. The van der Waals surface area contributed by atoms with Crippen LogP contribution in [0.15, 0.2) is 60.8 Å². The highest BCUT2D eigenvalue weighted by Crippen LogP contribution is 2.26. The molecule has 0 aliphatic carbocycles. The predicted octanol–water partition coefficient (Wildman–Crippen LogP) is 16.0. The Morgan fingerprint density at radius 2 is 0.908 bits per heavy atom. The van der Waals surface area contributed by atoms with Crippen LogP contribution in [0.1, 0.15) is 271 Å². The Kier molecular flexibility index (Phi) is 50.5. The lowest BCUT2D eigenvalue weighted by molar-refractivity contribution is -0.301. The topological polar surface area (TPSA) is 178 Å². The van der Waals surface area contributed by atoms with Crippen LogP contribution >= 0.6 is 0 Å². The number of hydrogen-bond acceptors (Lipinski definition) is 11. The fourth-order valence-corrected chi connectivity index (χ4v) is 9.99. The number of rotatable bonds is 55. The van der Waals surface area contributed by atoms with Crippen molar-refractivity contribution in [2.24, 2.45) is 0 Å². The van der Waals surface area contributed by atoms with Gasteiger partial charge in [-0.15, -0.1) is 0 Å². The van der Waals surface area contributed by atoms with Crippen molar-refractivity contribution in [2.75, 3.05) is 26.4 Å². The number of carbonyl (C=O) groups is 1. The van der Waals surface area contributed by atoms with Gasteiger partial charge in [0.2, 0.25) is 0 Å². The van der Waals surface area contributed by atoms with Crippen molar-refractivity contribution in [1.82, 2.24) is 0 Å². The van der Waals surface area contributed by atoms with Crippen molar-refractivity contribution in [2.45, 2.75) is 307 Å². The van der Waals surface area contributed by atoms with E-state index < -0.39 is 59.8 Å². The summed E-state index contributed by atoms with van der Waals surface area (Å²) in [6.45, 7) is 3.92. The van der Waals surface area contributed by atoms with Gasteiger partial charge in [-0.1, -0.05) is 248 Å². The van der Waals surface area contributed by atoms with Crippen LogP contribution in [0.5, 0.6) is 0 Å². The molecule has 1 aliphatic heterocycles. The van der Waals surface area contributed by atoms with Crippen LogP contribution < -0.4 is 0 Å².